The van der Waals surface area contributed by atoms with E-state index >= 15 is 0 Å². The molecule has 0 bridgehead atoms. The molecule has 0 fully saturated rings. The van der Waals surface area contributed by atoms with Crippen LogP contribution >= 0.6 is 23.1 Å². The van der Waals surface area contributed by atoms with Gasteiger partial charge in [0.2, 0.25) is 5.91 Å². The van der Waals surface area contributed by atoms with Crippen LogP contribution in [-0.2, 0) is 11.8 Å². The predicted molar refractivity (Wildman–Crippen MR) is 136 cm³/mol. The zero-order valence-corrected chi connectivity index (χ0v) is 20.5. The Labute approximate surface area is 204 Å². The van der Waals surface area contributed by atoms with Gasteiger partial charge in [-0.2, -0.15) is 0 Å². The number of hydrogen-bond acceptors (Lipinski definition) is 5. The van der Waals surface area contributed by atoms with Crippen molar-refractivity contribution < 1.29 is 9.18 Å². The molecule has 0 aliphatic heterocycles. The molecule has 172 valence electrons. The molecule has 2 aromatic carbocycles. The van der Waals surface area contributed by atoms with Gasteiger partial charge in [-0.25, -0.2) is 4.39 Å². The highest BCUT2D eigenvalue weighted by Gasteiger charge is 2.22. The summed E-state index contributed by atoms with van der Waals surface area (Å²) >= 11 is 2.95. The third-order valence-corrected chi connectivity index (χ3v) is 7.39. The van der Waals surface area contributed by atoms with Gasteiger partial charge < -0.3 is 9.88 Å². The molecule has 5 rings (SSSR count). The molecule has 0 aliphatic rings. The first kappa shape index (κ1) is 22.4. The molecule has 0 spiro atoms. The number of carbonyl (C=O) groups is 1. The van der Waals surface area contributed by atoms with Gasteiger partial charge in [-0.3, -0.25) is 9.36 Å². The van der Waals surface area contributed by atoms with Gasteiger partial charge in [-0.1, -0.05) is 36.0 Å². The quantitative estimate of drug-likeness (QED) is 0.297. The maximum Gasteiger partial charge on any atom is 0.234 e. The summed E-state index contributed by atoms with van der Waals surface area (Å²) < 4.78 is 19.2. The zero-order chi connectivity index (χ0) is 23.8. The van der Waals surface area contributed by atoms with Crippen LogP contribution < -0.4 is 5.32 Å². The first-order chi connectivity index (χ1) is 16.4. The number of halogens is 1. The molecule has 0 aliphatic carbocycles. The van der Waals surface area contributed by atoms with Crippen molar-refractivity contribution in [3.63, 3.8) is 0 Å². The van der Waals surface area contributed by atoms with Crippen molar-refractivity contribution in [3.05, 3.63) is 76.9 Å². The van der Waals surface area contributed by atoms with E-state index in [0.717, 1.165) is 28.0 Å². The highest BCUT2D eigenvalue weighted by molar-refractivity contribution is 7.99. The second-order valence-corrected chi connectivity index (χ2v) is 9.90. The molecule has 3 heterocycles. The van der Waals surface area contributed by atoms with Crippen molar-refractivity contribution in [3.8, 4) is 17.2 Å². The lowest BCUT2D eigenvalue weighted by molar-refractivity contribution is -0.113. The molecule has 6 nitrogen and oxygen atoms in total. The smallest absolute Gasteiger partial charge is 0.234 e. The normalized spacial score (nSPS) is 11.3. The van der Waals surface area contributed by atoms with Crippen LogP contribution in [0.3, 0.4) is 0 Å². The SMILES string of the molecule is Cc1ccc(C)c(-n2c(SCC(=O)Nc3ccccc3F)nnc2-c2cc3sccc3n2C)c1. The number of para-hydroxylation sites is 1. The van der Waals surface area contributed by atoms with Crippen molar-refractivity contribution >= 4 is 44.9 Å². The molecule has 1 N–H and O–H groups in total. The van der Waals surface area contributed by atoms with Crippen LogP contribution in [-0.4, -0.2) is 31.0 Å². The van der Waals surface area contributed by atoms with E-state index in [1.54, 1.807) is 23.5 Å². The number of aromatic nitrogens is 4. The van der Waals surface area contributed by atoms with Gasteiger partial charge in [0.25, 0.3) is 0 Å². The highest BCUT2D eigenvalue weighted by Crippen LogP contribution is 2.34. The number of thiophene rings is 1. The fraction of sp³-hybridized carbons (Fsp3) is 0.160. The van der Waals surface area contributed by atoms with Crippen LogP contribution in [0.2, 0.25) is 0 Å². The summed E-state index contributed by atoms with van der Waals surface area (Å²) in [6.45, 7) is 4.08. The van der Waals surface area contributed by atoms with Gasteiger partial charge >= 0.3 is 0 Å². The van der Waals surface area contributed by atoms with Gasteiger partial charge in [0, 0.05) is 7.05 Å². The topological polar surface area (TPSA) is 64.7 Å². The van der Waals surface area contributed by atoms with E-state index in [0.29, 0.717) is 11.0 Å². The number of hydrogen-bond donors (Lipinski definition) is 1. The Morgan fingerprint density at radius 3 is 2.74 bits per heavy atom. The fourth-order valence-corrected chi connectivity index (χ4v) is 5.44. The van der Waals surface area contributed by atoms with Crippen molar-refractivity contribution in [1.82, 2.24) is 19.3 Å². The highest BCUT2D eigenvalue weighted by atomic mass is 32.2. The molecule has 34 heavy (non-hydrogen) atoms. The second-order valence-electron chi connectivity index (χ2n) is 8.01. The Morgan fingerprint density at radius 1 is 1.12 bits per heavy atom. The number of nitrogens with one attached hydrogen (secondary N) is 1. The third-order valence-electron chi connectivity index (χ3n) is 5.61. The number of nitrogens with zero attached hydrogens (tertiary/aromatic N) is 4. The molecule has 5 aromatic rings. The monoisotopic (exact) mass is 491 g/mol. The maximum absolute atomic E-state index is 13.9. The average molecular weight is 492 g/mol. The largest absolute Gasteiger partial charge is 0.340 e. The summed E-state index contributed by atoms with van der Waals surface area (Å²) in [4.78, 5) is 12.6. The molecule has 1 amide bonds. The van der Waals surface area contributed by atoms with E-state index in [1.807, 2.05) is 25.5 Å². The Morgan fingerprint density at radius 2 is 1.94 bits per heavy atom. The molecule has 9 heteroatoms. The van der Waals surface area contributed by atoms with Gasteiger partial charge in [0.1, 0.15) is 5.82 Å². The fourth-order valence-electron chi connectivity index (χ4n) is 3.85. The minimum atomic E-state index is -0.467. The average Bonchev–Trinajstić information content (AvgIpc) is 3.52. The van der Waals surface area contributed by atoms with E-state index in [4.69, 9.17) is 0 Å². The van der Waals surface area contributed by atoms with Crippen molar-refractivity contribution in [2.75, 3.05) is 11.1 Å². The molecular formula is C25H22FN5OS2. The number of fused-ring (bicyclic) bond motifs is 1. The number of thioether (sulfide) groups is 1. The minimum Gasteiger partial charge on any atom is -0.340 e. The predicted octanol–water partition coefficient (Wildman–Crippen LogP) is 5.97. The number of amides is 1. The van der Waals surface area contributed by atoms with Crippen LogP contribution in [0, 0.1) is 19.7 Å². The Hall–Kier alpha value is -3.43. The molecule has 0 unspecified atom stereocenters. The number of carbonyl (C=O) groups excluding carboxylic acids is 1. The molecular weight excluding hydrogens is 469 g/mol. The standard InChI is InChI=1S/C25H22FN5OS2/c1-15-8-9-16(2)20(12-15)31-24(21-13-22-19(30(21)3)10-11-33-22)28-29-25(31)34-14-23(32)27-18-7-5-4-6-17(18)26/h4-13H,14H2,1-3H3,(H,27,32). The maximum atomic E-state index is 13.9. The summed E-state index contributed by atoms with van der Waals surface area (Å²) in [5.74, 6) is -0.00644. The van der Waals surface area contributed by atoms with Crippen LogP contribution in [0.4, 0.5) is 10.1 Å². The van der Waals surface area contributed by atoms with Crippen LogP contribution in [0.1, 0.15) is 11.1 Å². The number of rotatable bonds is 6. The zero-order valence-electron chi connectivity index (χ0n) is 18.9. The number of benzene rings is 2. The van der Waals surface area contributed by atoms with Gasteiger partial charge in [0.15, 0.2) is 11.0 Å². The van der Waals surface area contributed by atoms with E-state index in [2.05, 4.69) is 55.8 Å². The summed E-state index contributed by atoms with van der Waals surface area (Å²) in [5.41, 5.74) is 5.38. The number of anilines is 1. The van der Waals surface area contributed by atoms with Crippen molar-refractivity contribution in [1.29, 1.82) is 0 Å². The third kappa shape index (κ3) is 4.12. The second kappa shape index (κ2) is 9.08. The Balaban J connectivity index is 1.52. The van der Waals surface area contributed by atoms with Gasteiger partial charge in [-0.05, 0) is 60.7 Å². The lowest BCUT2D eigenvalue weighted by Gasteiger charge is -2.14. The Bertz CT molecular complexity index is 1520. The molecule has 0 saturated carbocycles. The van der Waals surface area contributed by atoms with Crippen molar-refractivity contribution in [2.45, 2.75) is 19.0 Å². The van der Waals surface area contributed by atoms with Crippen molar-refractivity contribution in [2.24, 2.45) is 7.05 Å². The summed E-state index contributed by atoms with van der Waals surface area (Å²) in [6.07, 6.45) is 0. The number of aryl methyl sites for hydroxylation is 3. The van der Waals surface area contributed by atoms with E-state index < -0.39 is 5.82 Å². The molecule has 0 saturated heterocycles. The van der Waals surface area contributed by atoms with E-state index in [-0.39, 0.29) is 17.3 Å². The van der Waals surface area contributed by atoms with E-state index in [1.165, 1.54) is 28.6 Å². The molecule has 0 atom stereocenters. The summed E-state index contributed by atoms with van der Waals surface area (Å²) in [7, 11) is 2.02. The van der Waals surface area contributed by atoms with Gasteiger partial charge in [-0.15, -0.1) is 21.5 Å². The molecule has 0 radical (unpaired) electrons. The Kier molecular flexibility index (Phi) is 5.97. The van der Waals surface area contributed by atoms with Crippen LogP contribution in [0.15, 0.2) is 65.1 Å². The lowest BCUT2D eigenvalue weighted by atomic mass is 10.1. The van der Waals surface area contributed by atoms with E-state index in [9.17, 15) is 9.18 Å². The molecule has 3 aromatic heterocycles. The lowest BCUT2D eigenvalue weighted by Crippen LogP contribution is -2.15. The first-order valence-corrected chi connectivity index (χ1v) is 12.5. The van der Waals surface area contributed by atoms with Crippen LogP contribution in [0.5, 0.6) is 0 Å². The van der Waals surface area contributed by atoms with Crippen LogP contribution in [0.25, 0.3) is 27.4 Å². The van der Waals surface area contributed by atoms with Gasteiger partial charge in [0.05, 0.1) is 33.0 Å². The summed E-state index contributed by atoms with van der Waals surface area (Å²) in [5, 5.41) is 14.3. The first-order valence-electron chi connectivity index (χ1n) is 10.7. The minimum absolute atomic E-state index is 0.0690. The summed E-state index contributed by atoms with van der Waals surface area (Å²) in [6, 6.07) is 16.5.